The summed E-state index contributed by atoms with van der Waals surface area (Å²) in [5.74, 6) is -1.62. The fraction of sp³-hybridized carbons (Fsp3) is 0.560. The van der Waals surface area contributed by atoms with Crippen LogP contribution in [0.1, 0.15) is 52.5 Å². The molecule has 202 valence electrons. The summed E-state index contributed by atoms with van der Waals surface area (Å²) < 4.78 is 41.8. The number of esters is 1. The first kappa shape index (κ1) is 27.3. The third-order valence-corrected chi connectivity index (χ3v) is 8.50. The van der Waals surface area contributed by atoms with Gasteiger partial charge in [-0.25, -0.2) is 8.42 Å². The average molecular weight is 554 g/mol. The Labute approximate surface area is 221 Å². The first-order chi connectivity index (χ1) is 17.3. The van der Waals surface area contributed by atoms with Crippen LogP contribution >= 0.6 is 11.6 Å². The lowest BCUT2D eigenvalue weighted by Gasteiger charge is -2.36. The Hall–Kier alpha value is -2.79. The first-order valence-electron chi connectivity index (χ1n) is 12.3. The zero-order chi connectivity index (χ0) is 27.1. The van der Waals surface area contributed by atoms with E-state index in [-0.39, 0.29) is 46.8 Å². The van der Waals surface area contributed by atoms with Crippen molar-refractivity contribution in [1.82, 2.24) is 9.78 Å². The summed E-state index contributed by atoms with van der Waals surface area (Å²) in [7, 11) is -4.19. The van der Waals surface area contributed by atoms with Crippen LogP contribution in [0, 0.1) is 11.8 Å². The number of carbonyl (C=O) groups is 2. The number of fused-ring (bicyclic) bond motifs is 1. The van der Waals surface area contributed by atoms with E-state index < -0.39 is 39.6 Å². The zero-order valence-electron chi connectivity index (χ0n) is 21.3. The molecule has 0 bridgehead atoms. The van der Waals surface area contributed by atoms with E-state index in [2.05, 4.69) is 5.10 Å². The van der Waals surface area contributed by atoms with Crippen LogP contribution in [-0.4, -0.2) is 53.5 Å². The van der Waals surface area contributed by atoms with E-state index in [1.54, 1.807) is 39.0 Å². The van der Waals surface area contributed by atoms with Crippen molar-refractivity contribution in [2.24, 2.45) is 11.8 Å². The van der Waals surface area contributed by atoms with Crippen LogP contribution in [0.4, 0.5) is 5.69 Å². The van der Waals surface area contributed by atoms with Crippen LogP contribution < -0.4 is 9.04 Å². The van der Waals surface area contributed by atoms with Crippen molar-refractivity contribution in [3.8, 4) is 5.75 Å². The summed E-state index contributed by atoms with van der Waals surface area (Å²) in [5.41, 5.74) is 0.137. The lowest BCUT2D eigenvalue weighted by atomic mass is 9.95. The lowest BCUT2D eigenvalue weighted by molar-refractivity contribution is -0.154. The first-order valence-corrected chi connectivity index (χ1v) is 14.1. The molecule has 37 heavy (non-hydrogen) atoms. The van der Waals surface area contributed by atoms with Gasteiger partial charge in [0.1, 0.15) is 22.4 Å². The maximum Gasteiger partial charge on any atom is 0.310 e. The van der Waals surface area contributed by atoms with Gasteiger partial charge in [0, 0.05) is 12.7 Å². The smallest absolute Gasteiger partial charge is 0.310 e. The fourth-order valence-electron chi connectivity index (χ4n) is 4.47. The predicted octanol–water partition coefficient (Wildman–Crippen LogP) is 3.90. The predicted molar refractivity (Wildman–Crippen MR) is 136 cm³/mol. The van der Waals surface area contributed by atoms with Gasteiger partial charge in [0.05, 0.1) is 24.6 Å². The molecule has 0 unspecified atom stereocenters. The third-order valence-electron chi connectivity index (χ3n) is 6.33. The maximum atomic E-state index is 13.9. The van der Waals surface area contributed by atoms with E-state index in [1.807, 2.05) is 6.92 Å². The molecule has 0 radical (unpaired) electrons. The van der Waals surface area contributed by atoms with Crippen LogP contribution in [0.2, 0.25) is 5.15 Å². The molecular weight excluding hydrogens is 522 g/mol. The van der Waals surface area contributed by atoms with Gasteiger partial charge >= 0.3 is 11.9 Å². The zero-order valence-corrected chi connectivity index (χ0v) is 22.9. The van der Waals surface area contributed by atoms with Gasteiger partial charge in [0.15, 0.2) is 5.15 Å². The largest absolute Gasteiger partial charge is 0.486 e. The van der Waals surface area contributed by atoms with Crippen LogP contribution in [-0.2, 0) is 37.3 Å². The maximum absolute atomic E-state index is 13.9. The molecule has 2 heterocycles. The second-order valence-corrected chi connectivity index (χ2v) is 12.7. The van der Waals surface area contributed by atoms with Gasteiger partial charge in [0.25, 0.3) is 10.0 Å². The number of carboxylic acid groups (broad SMARTS) is 1. The Morgan fingerprint density at radius 3 is 2.57 bits per heavy atom. The summed E-state index contributed by atoms with van der Waals surface area (Å²) in [6.45, 7) is 7.45. The van der Waals surface area contributed by atoms with Crippen LogP contribution in [0.25, 0.3) is 0 Å². The number of aliphatic carboxylic acids is 1. The van der Waals surface area contributed by atoms with Gasteiger partial charge in [-0.05, 0) is 70.6 Å². The summed E-state index contributed by atoms with van der Waals surface area (Å²) in [5, 5.41) is 13.6. The number of aryl methyl sites for hydroxylation is 1. The van der Waals surface area contributed by atoms with Crippen molar-refractivity contribution in [3.63, 3.8) is 0 Å². The van der Waals surface area contributed by atoms with E-state index >= 15 is 0 Å². The second kappa shape index (κ2) is 10.2. The minimum absolute atomic E-state index is 0.0564. The van der Waals surface area contributed by atoms with Crippen molar-refractivity contribution in [2.75, 3.05) is 10.8 Å². The monoisotopic (exact) mass is 553 g/mol. The highest BCUT2D eigenvalue weighted by Gasteiger charge is 2.42. The molecule has 1 fully saturated rings. The highest BCUT2D eigenvalue weighted by Crippen LogP contribution is 2.43. The number of hydrogen-bond donors (Lipinski definition) is 1. The van der Waals surface area contributed by atoms with Crippen molar-refractivity contribution in [1.29, 1.82) is 0 Å². The number of anilines is 1. The summed E-state index contributed by atoms with van der Waals surface area (Å²) in [4.78, 5) is 24.1. The highest BCUT2D eigenvalue weighted by molar-refractivity contribution is 7.93. The Morgan fingerprint density at radius 1 is 1.30 bits per heavy atom. The molecule has 1 aliphatic carbocycles. The second-order valence-electron chi connectivity index (χ2n) is 10.5. The Kier molecular flexibility index (Phi) is 7.49. The molecule has 0 amide bonds. The SMILES string of the molecule is CCn1cc(S(=O)(=O)N2C[C@H](C[C@H](C(=O)O)C3CC3)Oc3ccc(CC(=O)OC(C)(C)C)cc32)c(Cl)n1. The molecule has 1 aliphatic heterocycles. The fourth-order valence-corrected chi connectivity index (χ4v) is 6.42. The third kappa shape index (κ3) is 6.20. The number of aromatic nitrogens is 2. The van der Waals surface area contributed by atoms with E-state index in [0.29, 0.717) is 12.1 Å². The van der Waals surface area contributed by atoms with Crippen molar-refractivity contribution in [3.05, 3.63) is 35.1 Å². The highest BCUT2D eigenvalue weighted by atomic mass is 35.5. The number of halogens is 1. The molecule has 1 saturated carbocycles. The minimum Gasteiger partial charge on any atom is -0.486 e. The quantitative estimate of drug-likeness (QED) is 0.463. The molecule has 0 spiro atoms. The normalized spacial score (nSPS) is 18.6. The molecule has 0 saturated heterocycles. The number of carboxylic acids is 1. The van der Waals surface area contributed by atoms with Crippen LogP contribution in [0.15, 0.2) is 29.3 Å². The van der Waals surface area contributed by atoms with Gasteiger partial charge in [-0.3, -0.25) is 18.6 Å². The molecule has 10 nitrogen and oxygen atoms in total. The molecule has 2 aliphatic rings. The number of nitrogens with zero attached hydrogens (tertiary/aromatic N) is 3. The van der Waals surface area contributed by atoms with Gasteiger partial charge in [-0.15, -0.1) is 0 Å². The number of rotatable bonds is 9. The standard InChI is InChI=1S/C25H32ClN3O7S/c1-5-28-14-21(23(26)27-28)37(33,34)29-13-17(12-18(24(31)32)16-7-8-16)35-20-9-6-15(10-19(20)29)11-22(30)36-25(2,3)4/h6,9-10,14,16-18H,5,7-8,11-13H2,1-4H3,(H,31,32)/t17-,18-/m0/s1. The average Bonchev–Trinajstić information content (AvgIpc) is 3.55. The number of sulfonamides is 1. The van der Waals surface area contributed by atoms with Crippen molar-refractivity contribution < 1.29 is 32.6 Å². The lowest BCUT2D eigenvalue weighted by Crippen LogP contribution is -2.45. The van der Waals surface area contributed by atoms with Gasteiger partial charge in [0.2, 0.25) is 0 Å². The van der Waals surface area contributed by atoms with Crippen LogP contribution in [0.3, 0.4) is 0 Å². The molecule has 1 N–H and O–H groups in total. The number of benzene rings is 1. The van der Waals surface area contributed by atoms with E-state index in [9.17, 15) is 23.1 Å². The minimum atomic E-state index is -4.19. The summed E-state index contributed by atoms with van der Waals surface area (Å²) in [6.07, 6.45) is 2.48. The topological polar surface area (TPSA) is 128 Å². The molecular formula is C25H32ClN3O7S. The van der Waals surface area contributed by atoms with Crippen LogP contribution in [0.5, 0.6) is 5.75 Å². The van der Waals surface area contributed by atoms with Gasteiger partial charge in [-0.1, -0.05) is 17.7 Å². The van der Waals surface area contributed by atoms with Crippen molar-refractivity contribution >= 4 is 39.3 Å². The summed E-state index contributed by atoms with van der Waals surface area (Å²) >= 11 is 6.22. The molecule has 2 atom stereocenters. The summed E-state index contributed by atoms with van der Waals surface area (Å²) in [6, 6.07) is 4.86. The molecule has 2 aromatic rings. The van der Waals surface area contributed by atoms with E-state index in [1.165, 1.54) is 15.2 Å². The number of ether oxygens (including phenoxy) is 2. The Bertz CT molecular complexity index is 1300. The molecule has 1 aromatic carbocycles. The van der Waals surface area contributed by atoms with Gasteiger partial charge in [-0.2, -0.15) is 5.10 Å². The van der Waals surface area contributed by atoms with E-state index in [4.69, 9.17) is 21.1 Å². The number of carbonyl (C=O) groups excluding carboxylic acids is 1. The molecule has 12 heteroatoms. The molecule has 4 rings (SSSR count). The van der Waals surface area contributed by atoms with Gasteiger partial charge < -0.3 is 14.6 Å². The number of hydrogen-bond acceptors (Lipinski definition) is 7. The van der Waals surface area contributed by atoms with Crippen molar-refractivity contribution in [2.45, 2.75) is 76.5 Å². The Balaban J connectivity index is 1.70. The Morgan fingerprint density at radius 2 is 2.00 bits per heavy atom. The molecule has 1 aromatic heterocycles. The van der Waals surface area contributed by atoms with E-state index in [0.717, 1.165) is 12.8 Å².